The summed E-state index contributed by atoms with van der Waals surface area (Å²) in [6.45, 7) is 6.70. The first-order valence-electron chi connectivity index (χ1n) is 10.4. The van der Waals surface area contributed by atoms with Crippen LogP contribution in [0.1, 0.15) is 30.7 Å². The molecule has 0 bridgehead atoms. The fourth-order valence-electron chi connectivity index (χ4n) is 4.94. The van der Waals surface area contributed by atoms with Crippen LogP contribution in [0.4, 0.5) is 0 Å². The molecule has 1 heterocycles. The molecule has 0 saturated heterocycles. The smallest absolute Gasteiger partial charge is 0.116 e. The van der Waals surface area contributed by atoms with Crippen molar-refractivity contribution in [1.29, 1.82) is 0 Å². The van der Waals surface area contributed by atoms with Gasteiger partial charge in [-0.05, 0) is 57.8 Å². The van der Waals surface area contributed by atoms with Crippen LogP contribution in [0, 0.1) is 6.92 Å². The Kier molecular flexibility index (Phi) is 3.47. The maximum atomic E-state index is 4.77. The number of nitrogens with zero attached hydrogens (tertiary/aromatic N) is 2. The van der Waals surface area contributed by atoms with Gasteiger partial charge >= 0.3 is 0 Å². The van der Waals surface area contributed by atoms with E-state index in [0.29, 0.717) is 0 Å². The quantitative estimate of drug-likeness (QED) is 0.308. The summed E-state index contributed by atoms with van der Waals surface area (Å²) in [7, 11) is 0. The lowest BCUT2D eigenvalue weighted by Crippen LogP contribution is -2.17. The van der Waals surface area contributed by atoms with Crippen molar-refractivity contribution in [2.24, 2.45) is 0 Å². The number of aryl methyl sites for hydroxylation is 1. The first-order chi connectivity index (χ1) is 14.5. The molecule has 0 radical (unpaired) electrons. The zero-order valence-corrected chi connectivity index (χ0v) is 17.4. The Hall–Kier alpha value is -3.52. The molecule has 144 valence electrons. The largest absolute Gasteiger partial charge is 0.240 e. The number of benzene rings is 4. The van der Waals surface area contributed by atoms with Gasteiger partial charge in [-0.25, -0.2) is 9.97 Å². The highest BCUT2D eigenvalue weighted by atomic mass is 14.9. The highest BCUT2D eigenvalue weighted by Gasteiger charge is 2.39. The van der Waals surface area contributed by atoms with Crippen LogP contribution in [0.2, 0.25) is 0 Å². The molecule has 2 heteroatoms. The van der Waals surface area contributed by atoms with Crippen molar-refractivity contribution in [2.75, 3.05) is 0 Å². The fourth-order valence-corrected chi connectivity index (χ4v) is 4.94. The van der Waals surface area contributed by atoms with Gasteiger partial charge in [0.25, 0.3) is 0 Å². The van der Waals surface area contributed by atoms with Gasteiger partial charge < -0.3 is 0 Å². The lowest BCUT2D eigenvalue weighted by molar-refractivity contribution is 0.635. The molecule has 0 N–H and O–H groups in total. The first kappa shape index (κ1) is 17.3. The number of hydrogen-bond donors (Lipinski definition) is 0. The minimum absolute atomic E-state index is 0.156. The number of aromatic nitrogens is 2. The summed E-state index contributed by atoms with van der Waals surface area (Å²) < 4.78 is 0. The van der Waals surface area contributed by atoms with Gasteiger partial charge in [0.15, 0.2) is 0 Å². The van der Waals surface area contributed by atoms with Crippen molar-refractivity contribution in [3.63, 3.8) is 0 Å². The van der Waals surface area contributed by atoms with Gasteiger partial charge in [0.05, 0.1) is 11.4 Å². The first-order valence-corrected chi connectivity index (χ1v) is 10.4. The summed E-state index contributed by atoms with van der Waals surface area (Å²) in [5, 5.41) is 5.02. The lowest BCUT2D eigenvalue weighted by atomic mass is 9.84. The van der Waals surface area contributed by atoms with Crippen molar-refractivity contribution < 1.29 is 0 Å². The summed E-state index contributed by atoms with van der Waals surface area (Å²) in [6.07, 6.45) is 1.72. The van der Waals surface area contributed by atoms with Gasteiger partial charge in [0, 0.05) is 16.5 Å². The normalized spacial score (nSPS) is 14.1. The monoisotopic (exact) mass is 386 g/mol. The van der Waals surface area contributed by atoms with E-state index in [-0.39, 0.29) is 5.41 Å². The summed E-state index contributed by atoms with van der Waals surface area (Å²) in [6, 6.07) is 26.4. The fraction of sp³-hybridized carbons (Fsp3) is 0.143. The van der Waals surface area contributed by atoms with Gasteiger partial charge in [-0.15, -0.1) is 0 Å². The summed E-state index contributed by atoms with van der Waals surface area (Å²) in [5.41, 5.74) is 8.17. The molecule has 2 nitrogen and oxygen atoms in total. The van der Waals surface area contributed by atoms with Gasteiger partial charge in [-0.1, -0.05) is 74.0 Å². The molecule has 0 fully saturated rings. The van der Waals surface area contributed by atoms with E-state index in [1.54, 1.807) is 6.33 Å². The Morgan fingerprint density at radius 2 is 1.47 bits per heavy atom. The van der Waals surface area contributed by atoms with Crippen LogP contribution in [0.5, 0.6) is 0 Å². The standard InChI is InChI=1S/C28H22N2/c1-17-8-9-20-14-23-24(15-22(20)12-17)28(2,3)27-25(23)26(29-16-30-27)21-11-10-18-6-4-5-7-19(18)13-21/h4-16H,1-3H3. The van der Waals surface area contributed by atoms with Gasteiger partial charge in [0.1, 0.15) is 6.33 Å². The predicted octanol–water partition coefficient (Wildman–Crippen LogP) is 7.06. The van der Waals surface area contributed by atoms with Crippen LogP contribution in [-0.2, 0) is 5.41 Å². The number of fused-ring (bicyclic) bond motifs is 5. The molecular formula is C28H22N2. The van der Waals surface area contributed by atoms with Crippen LogP contribution in [-0.4, -0.2) is 9.97 Å². The zero-order valence-electron chi connectivity index (χ0n) is 17.4. The minimum atomic E-state index is -0.156. The lowest BCUT2D eigenvalue weighted by Gasteiger charge is -2.20. The molecule has 1 aliphatic carbocycles. The third-order valence-electron chi connectivity index (χ3n) is 6.54. The van der Waals surface area contributed by atoms with Crippen molar-refractivity contribution in [3.8, 4) is 22.4 Å². The van der Waals surface area contributed by atoms with E-state index in [2.05, 4.69) is 93.6 Å². The number of hydrogen-bond acceptors (Lipinski definition) is 2. The van der Waals surface area contributed by atoms with Crippen molar-refractivity contribution in [2.45, 2.75) is 26.2 Å². The topological polar surface area (TPSA) is 25.8 Å². The van der Waals surface area contributed by atoms with Crippen LogP contribution in [0.3, 0.4) is 0 Å². The molecule has 0 amide bonds. The van der Waals surface area contributed by atoms with E-state index in [0.717, 1.165) is 17.0 Å². The zero-order chi connectivity index (χ0) is 20.5. The Morgan fingerprint density at radius 3 is 2.33 bits per heavy atom. The summed E-state index contributed by atoms with van der Waals surface area (Å²) in [4.78, 5) is 9.55. The highest BCUT2D eigenvalue weighted by molar-refractivity contribution is 5.98. The van der Waals surface area contributed by atoms with Gasteiger partial charge in [-0.3, -0.25) is 0 Å². The van der Waals surface area contributed by atoms with Gasteiger partial charge in [-0.2, -0.15) is 0 Å². The van der Waals surface area contributed by atoms with Crippen LogP contribution in [0.15, 0.2) is 79.1 Å². The predicted molar refractivity (Wildman–Crippen MR) is 125 cm³/mol. The van der Waals surface area contributed by atoms with E-state index in [4.69, 9.17) is 9.97 Å². The second-order valence-corrected chi connectivity index (χ2v) is 8.88. The summed E-state index contributed by atoms with van der Waals surface area (Å²) >= 11 is 0. The second-order valence-electron chi connectivity index (χ2n) is 8.88. The number of rotatable bonds is 1. The Morgan fingerprint density at radius 1 is 0.700 bits per heavy atom. The Labute approximate surface area is 176 Å². The molecule has 0 aliphatic heterocycles. The molecular weight excluding hydrogens is 364 g/mol. The third-order valence-corrected chi connectivity index (χ3v) is 6.54. The highest BCUT2D eigenvalue weighted by Crippen LogP contribution is 2.51. The van der Waals surface area contributed by atoms with Crippen molar-refractivity contribution in [1.82, 2.24) is 9.97 Å². The van der Waals surface area contributed by atoms with E-state index >= 15 is 0 Å². The second kappa shape index (κ2) is 5.99. The van der Waals surface area contributed by atoms with Crippen LogP contribution >= 0.6 is 0 Å². The minimum Gasteiger partial charge on any atom is -0.240 e. The average Bonchev–Trinajstić information content (AvgIpc) is 2.98. The third kappa shape index (κ3) is 2.37. The molecule has 0 unspecified atom stereocenters. The van der Waals surface area contributed by atoms with E-state index in [1.165, 1.54) is 43.8 Å². The Balaban J connectivity index is 1.66. The molecule has 1 aliphatic rings. The molecule has 0 atom stereocenters. The van der Waals surface area contributed by atoms with E-state index in [9.17, 15) is 0 Å². The van der Waals surface area contributed by atoms with E-state index in [1.807, 2.05) is 0 Å². The van der Waals surface area contributed by atoms with Crippen LogP contribution < -0.4 is 0 Å². The SMILES string of the molecule is Cc1ccc2cc3c(cc2c1)C(C)(C)c1ncnc(-c2ccc4ccccc4c2)c1-3. The average molecular weight is 386 g/mol. The molecule has 0 saturated carbocycles. The molecule has 1 aromatic heterocycles. The Bertz CT molecular complexity index is 1480. The van der Waals surface area contributed by atoms with Crippen molar-refractivity contribution in [3.05, 3.63) is 95.9 Å². The molecule has 0 spiro atoms. The van der Waals surface area contributed by atoms with Crippen molar-refractivity contribution >= 4 is 21.5 Å². The van der Waals surface area contributed by atoms with Crippen LogP contribution in [0.25, 0.3) is 43.9 Å². The molecule has 4 aromatic carbocycles. The molecule has 30 heavy (non-hydrogen) atoms. The molecule has 5 aromatic rings. The maximum absolute atomic E-state index is 4.77. The van der Waals surface area contributed by atoms with Gasteiger partial charge in [0.2, 0.25) is 0 Å². The summed E-state index contributed by atoms with van der Waals surface area (Å²) in [5.74, 6) is 0. The van der Waals surface area contributed by atoms with E-state index < -0.39 is 0 Å². The maximum Gasteiger partial charge on any atom is 0.116 e. The molecule has 6 rings (SSSR count).